The maximum absolute atomic E-state index is 9.64. The minimum absolute atomic E-state index is 0. The molecular weight excluding hydrogens is 525 g/mol. The highest BCUT2D eigenvalue weighted by Crippen LogP contribution is 2.27. The summed E-state index contributed by atoms with van der Waals surface area (Å²) in [6.45, 7) is 12.5. The number of aliphatic hydroxyl groups is 1. The first-order valence-electron chi connectivity index (χ1n) is 11.5. The molecule has 1 aromatic heterocycles. The SMILES string of the molecule is CCNC(=NCC(c1cccs1)N1CCOC(C)C1)NCCCN1CCC(O)CC1.I. The number of morpholine rings is 1. The summed E-state index contributed by atoms with van der Waals surface area (Å²) in [5.41, 5.74) is 0. The topological polar surface area (TPSA) is 72.4 Å². The van der Waals surface area contributed by atoms with E-state index in [0.717, 1.165) is 84.2 Å². The Balaban J connectivity index is 0.00000341. The van der Waals surface area contributed by atoms with Crippen molar-refractivity contribution in [3.63, 3.8) is 0 Å². The highest BCUT2D eigenvalue weighted by molar-refractivity contribution is 14.0. The summed E-state index contributed by atoms with van der Waals surface area (Å²) in [6, 6.07) is 4.65. The molecule has 0 amide bonds. The van der Waals surface area contributed by atoms with Gasteiger partial charge >= 0.3 is 0 Å². The summed E-state index contributed by atoms with van der Waals surface area (Å²) >= 11 is 1.81. The largest absolute Gasteiger partial charge is 0.393 e. The van der Waals surface area contributed by atoms with Gasteiger partial charge in [-0.25, -0.2) is 0 Å². The van der Waals surface area contributed by atoms with Gasteiger partial charge < -0.3 is 25.4 Å². The molecule has 0 aromatic carbocycles. The van der Waals surface area contributed by atoms with Gasteiger partial charge in [-0.15, -0.1) is 35.3 Å². The van der Waals surface area contributed by atoms with E-state index in [1.54, 1.807) is 0 Å². The Kier molecular flexibility index (Phi) is 12.7. The Morgan fingerprint density at radius 3 is 2.81 bits per heavy atom. The van der Waals surface area contributed by atoms with Crippen LogP contribution in [0.15, 0.2) is 22.5 Å². The molecule has 3 rings (SSSR count). The molecule has 2 aliphatic heterocycles. The highest BCUT2D eigenvalue weighted by atomic mass is 127. The Morgan fingerprint density at radius 2 is 2.13 bits per heavy atom. The van der Waals surface area contributed by atoms with Gasteiger partial charge in [-0.3, -0.25) is 9.89 Å². The van der Waals surface area contributed by atoms with Gasteiger partial charge in [-0.1, -0.05) is 6.07 Å². The molecule has 3 N–H and O–H groups in total. The van der Waals surface area contributed by atoms with Gasteiger partial charge in [0.15, 0.2) is 5.96 Å². The standard InChI is InChI=1S/C22H39N5O2S.HI/c1-3-23-22(24-9-5-10-26-11-7-19(28)8-12-26)25-16-20(21-6-4-15-30-21)27-13-14-29-18(2)17-27;/h4,6,15,18-20,28H,3,5,7-14,16-17H2,1-2H3,(H2,23,24,25);1H. The molecule has 178 valence electrons. The van der Waals surface area contributed by atoms with Crippen LogP contribution in [0.1, 0.15) is 44.0 Å². The van der Waals surface area contributed by atoms with E-state index in [1.807, 2.05) is 11.3 Å². The molecule has 0 aliphatic carbocycles. The van der Waals surface area contributed by atoms with Gasteiger partial charge in [0.1, 0.15) is 0 Å². The molecule has 0 bridgehead atoms. The summed E-state index contributed by atoms with van der Waals surface area (Å²) in [7, 11) is 0. The van der Waals surface area contributed by atoms with Crippen molar-refractivity contribution < 1.29 is 9.84 Å². The van der Waals surface area contributed by atoms with E-state index >= 15 is 0 Å². The number of piperidine rings is 1. The normalized spacial score (nSPS) is 22.7. The molecule has 2 saturated heterocycles. The van der Waals surface area contributed by atoms with E-state index in [4.69, 9.17) is 9.73 Å². The first kappa shape index (κ1) is 26.8. The molecule has 9 heteroatoms. The van der Waals surface area contributed by atoms with E-state index in [0.29, 0.717) is 6.04 Å². The number of rotatable bonds is 9. The second kappa shape index (κ2) is 14.6. The second-order valence-electron chi connectivity index (χ2n) is 8.28. The molecule has 2 aliphatic rings. The summed E-state index contributed by atoms with van der Waals surface area (Å²) in [5.74, 6) is 0.898. The van der Waals surface area contributed by atoms with E-state index in [2.05, 4.69) is 51.8 Å². The Hall–Kier alpha value is -0.460. The molecule has 7 nitrogen and oxygen atoms in total. The Morgan fingerprint density at radius 1 is 1.32 bits per heavy atom. The molecule has 0 saturated carbocycles. The monoisotopic (exact) mass is 565 g/mol. The van der Waals surface area contributed by atoms with Crippen LogP contribution in [0.5, 0.6) is 0 Å². The van der Waals surface area contributed by atoms with E-state index in [1.165, 1.54) is 4.88 Å². The fourth-order valence-corrected chi connectivity index (χ4v) is 5.02. The molecule has 2 unspecified atom stereocenters. The van der Waals surface area contributed by atoms with Crippen molar-refractivity contribution >= 4 is 41.3 Å². The summed E-state index contributed by atoms with van der Waals surface area (Å²) in [6.07, 6.45) is 3.06. The lowest BCUT2D eigenvalue weighted by molar-refractivity contribution is -0.0327. The van der Waals surface area contributed by atoms with Crippen LogP contribution >= 0.6 is 35.3 Å². The lowest BCUT2D eigenvalue weighted by Crippen LogP contribution is -2.44. The number of nitrogens with zero attached hydrogens (tertiary/aromatic N) is 3. The zero-order valence-corrected chi connectivity index (χ0v) is 22.1. The smallest absolute Gasteiger partial charge is 0.191 e. The van der Waals surface area contributed by atoms with Crippen LogP contribution in [-0.4, -0.2) is 92.0 Å². The number of ether oxygens (including phenoxy) is 1. The van der Waals surface area contributed by atoms with Crippen LogP contribution in [0.2, 0.25) is 0 Å². The average molecular weight is 566 g/mol. The van der Waals surface area contributed by atoms with Crippen molar-refractivity contribution in [2.24, 2.45) is 4.99 Å². The fraction of sp³-hybridized carbons (Fsp3) is 0.773. The number of hydrogen-bond acceptors (Lipinski definition) is 6. The summed E-state index contributed by atoms with van der Waals surface area (Å²) in [5, 5.41) is 18.7. The Labute approximate surface area is 208 Å². The summed E-state index contributed by atoms with van der Waals surface area (Å²) in [4.78, 5) is 11.3. The Bertz CT molecular complexity index is 625. The molecule has 2 atom stereocenters. The molecule has 0 spiro atoms. The first-order valence-corrected chi connectivity index (χ1v) is 12.3. The number of hydrogen-bond donors (Lipinski definition) is 3. The van der Waals surface area contributed by atoms with Crippen molar-refractivity contribution in [3.8, 4) is 0 Å². The van der Waals surface area contributed by atoms with Crippen molar-refractivity contribution in [1.29, 1.82) is 0 Å². The van der Waals surface area contributed by atoms with Crippen molar-refractivity contribution in [1.82, 2.24) is 20.4 Å². The number of thiophene rings is 1. The van der Waals surface area contributed by atoms with E-state index < -0.39 is 0 Å². The molecular formula is C22H40IN5O2S. The lowest BCUT2D eigenvalue weighted by atomic mass is 10.1. The van der Waals surface area contributed by atoms with E-state index in [9.17, 15) is 5.11 Å². The zero-order valence-electron chi connectivity index (χ0n) is 19.0. The number of nitrogens with one attached hydrogen (secondary N) is 2. The number of likely N-dealkylation sites (tertiary alicyclic amines) is 1. The highest BCUT2D eigenvalue weighted by Gasteiger charge is 2.26. The quantitative estimate of drug-likeness (QED) is 0.185. The van der Waals surface area contributed by atoms with E-state index in [-0.39, 0.29) is 36.2 Å². The van der Waals surface area contributed by atoms with Crippen LogP contribution in [0.3, 0.4) is 0 Å². The minimum atomic E-state index is -0.0994. The maximum atomic E-state index is 9.64. The molecule has 1 aromatic rings. The van der Waals surface area contributed by atoms with Gasteiger partial charge in [-0.05, 0) is 51.1 Å². The van der Waals surface area contributed by atoms with Crippen LogP contribution in [0.4, 0.5) is 0 Å². The van der Waals surface area contributed by atoms with Gasteiger partial charge in [-0.2, -0.15) is 0 Å². The summed E-state index contributed by atoms with van der Waals surface area (Å²) < 4.78 is 5.74. The first-order chi connectivity index (χ1) is 14.7. The van der Waals surface area contributed by atoms with Crippen LogP contribution < -0.4 is 10.6 Å². The maximum Gasteiger partial charge on any atom is 0.191 e. The predicted octanol–water partition coefficient (Wildman–Crippen LogP) is 2.53. The fourth-order valence-electron chi connectivity index (χ4n) is 4.17. The molecule has 31 heavy (non-hydrogen) atoms. The van der Waals surface area contributed by atoms with Crippen molar-refractivity contribution in [2.45, 2.75) is 51.4 Å². The molecule has 2 fully saturated rings. The third-order valence-electron chi connectivity index (χ3n) is 5.85. The van der Waals surface area contributed by atoms with Crippen molar-refractivity contribution in [3.05, 3.63) is 22.4 Å². The second-order valence-corrected chi connectivity index (χ2v) is 9.26. The third-order valence-corrected chi connectivity index (χ3v) is 6.83. The molecule has 3 heterocycles. The van der Waals surface area contributed by atoms with Gasteiger partial charge in [0.05, 0.1) is 31.4 Å². The number of aliphatic imine (C=N–C) groups is 1. The van der Waals surface area contributed by atoms with Gasteiger partial charge in [0.25, 0.3) is 0 Å². The molecule has 0 radical (unpaired) electrons. The average Bonchev–Trinajstić information content (AvgIpc) is 3.27. The van der Waals surface area contributed by atoms with Gasteiger partial charge in [0, 0.05) is 44.1 Å². The predicted molar refractivity (Wildman–Crippen MR) is 140 cm³/mol. The minimum Gasteiger partial charge on any atom is -0.393 e. The third kappa shape index (κ3) is 9.13. The zero-order chi connectivity index (χ0) is 21.2. The van der Waals surface area contributed by atoms with Gasteiger partial charge in [0.2, 0.25) is 0 Å². The van der Waals surface area contributed by atoms with Crippen LogP contribution in [0.25, 0.3) is 0 Å². The van der Waals surface area contributed by atoms with Crippen molar-refractivity contribution in [2.75, 3.05) is 59.0 Å². The number of aliphatic hydroxyl groups excluding tert-OH is 1. The van der Waals surface area contributed by atoms with Crippen LogP contribution in [-0.2, 0) is 4.74 Å². The lowest BCUT2D eigenvalue weighted by Gasteiger charge is -2.36. The number of halogens is 1. The van der Waals surface area contributed by atoms with Crippen LogP contribution in [0, 0.1) is 0 Å². The number of guanidine groups is 1.